The Morgan fingerprint density at radius 3 is 2.79 bits per heavy atom. The van der Waals surface area contributed by atoms with Crippen LogP contribution in [0.3, 0.4) is 0 Å². The van der Waals surface area contributed by atoms with Crippen LogP contribution in [0.2, 0.25) is 0 Å². The van der Waals surface area contributed by atoms with Crippen molar-refractivity contribution in [3.63, 3.8) is 0 Å². The van der Waals surface area contributed by atoms with Gasteiger partial charge in [-0.25, -0.2) is 0 Å². The van der Waals surface area contributed by atoms with Gasteiger partial charge in [-0.2, -0.15) is 0 Å². The Labute approximate surface area is 84.8 Å². The molecule has 0 radical (unpaired) electrons. The lowest BCUT2D eigenvalue weighted by molar-refractivity contribution is 0.0218. The lowest BCUT2D eigenvalue weighted by atomic mass is 10.1. The summed E-state index contributed by atoms with van der Waals surface area (Å²) >= 11 is 0. The van der Waals surface area contributed by atoms with Crippen LogP contribution in [0.1, 0.15) is 12.5 Å². The first-order valence-electron chi connectivity index (χ1n) is 4.87. The highest BCUT2D eigenvalue weighted by Crippen LogP contribution is 2.17. The maximum Gasteiger partial charge on any atom is 0.189 e. The molecule has 0 atom stereocenters. The molecule has 0 heterocycles. The molecule has 0 saturated carbocycles. The van der Waals surface area contributed by atoms with Crippen molar-refractivity contribution in [2.75, 3.05) is 19.9 Å². The van der Waals surface area contributed by atoms with Gasteiger partial charge in [0.05, 0.1) is 0 Å². The van der Waals surface area contributed by atoms with E-state index in [0.29, 0.717) is 19.9 Å². The average Bonchev–Trinajstić information content (AvgIpc) is 2.21. The van der Waals surface area contributed by atoms with E-state index in [1.807, 2.05) is 31.2 Å². The fraction of sp³-hybridized carbons (Fsp3) is 0.455. The predicted molar refractivity (Wildman–Crippen MR) is 56.3 cm³/mol. The Bertz CT molecular complexity index is 263. The Kier molecular flexibility index (Phi) is 5.04. The van der Waals surface area contributed by atoms with Crippen LogP contribution in [0.15, 0.2) is 24.3 Å². The van der Waals surface area contributed by atoms with Crippen molar-refractivity contribution >= 4 is 0 Å². The van der Waals surface area contributed by atoms with Gasteiger partial charge in [0.25, 0.3) is 0 Å². The zero-order chi connectivity index (χ0) is 10.2. The van der Waals surface area contributed by atoms with Crippen LogP contribution in [-0.4, -0.2) is 19.9 Å². The van der Waals surface area contributed by atoms with Crippen molar-refractivity contribution in [2.24, 2.45) is 5.73 Å². The van der Waals surface area contributed by atoms with Crippen LogP contribution < -0.4 is 10.5 Å². The van der Waals surface area contributed by atoms with E-state index in [4.69, 9.17) is 15.2 Å². The standard InChI is InChI=1S/C11H17NO2/c1-2-13-9-14-11-6-4-3-5-10(11)7-8-12/h3-6H,2,7-9,12H2,1H3. The van der Waals surface area contributed by atoms with Crippen molar-refractivity contribution in [1.29, 1.82) is 0 Å². The van der Waals surface area contributed by atoms with Gasteiger partial charge in [-0.05, 0) is 31.5 Å². The molecule has 0 aliphatic heterocycles. The SMILES string of the molecule is CCOCOc1ccccc1CCN. The molecule has 0 saturated heterocycles. The molecule has 2 N–H and O–H groups in total. The number of hydrogen-bond acceptors (Lipinski definition) is 3. The minimum Gasteiger partial charge on any atom is -0.467 e. The number of para-hydroxylation sites is 1. The molecule has 3 heteroatoms. The first kappa shape index (κ1) is 11.0. The first-order chi connectivity index (χ1) is 6.88. The number of rotatable bonds is 6. The van der Waals surface area contributed by atoms with E-state index in [1.165, 1.54) is 0 Å². The summed E-state index contributed by atoms with van der Waals surface area (Å²) in [6.45, 7) is 3.54. The smallest absolute Gasteiger partial charge is 0.189 e. The first-order valence-corrected chi connectivity index (χ1v) is 4.87. The van der Waals surface area contributed by atoms with Crippen molar-refractivity contribution in [3.8, 4) is 5.75 Å². The summed E-state index contributed by atoms with van der Waals surface area (Å²) in [4.78, 5) is 0. The Morgan fingerprint density at radius 2 is 2.07 bits per heavy atom. The fourth-order valence-corrected chi connectivity index (χ4v) is 1.20. The summed E-state index contributed by atoms with van der Waals surface area (Å²) in [6.07, 6.45) is 0.836. The number of hydrogen-bond donors (Lipinski definition) is 1. The molecular weight excluding hydrogens is 178 g/mol. The van der Waals surface area contributed by atoms with Gasteiger partial charge in [-0.1, -0.05) is 18.2 Å². The van der Waals surface area contributed by atoms with Gasteiger partial charge in [-0.3, -0.25) is 0 Å². The maximum absolute atomic E-state index is 5.50. The topological polar surface area (TPSA) is 44.5 Å². The van der Waals surface area contributed by atoms with Gasteiger partial charge in [0.15, 0.2) is 6.79 Å². The second-order valence-electron chi connectivity index (χ2n) is 2.90. The van der Waals surface area contributed by atoms with Crippen molar-refractivity contribution in [2.45, 2.75) is 13.3 Å². The van der Waals surface area contributed by atoms with Gasteiger partial charge in [0.1, 0.15) is 5.75 Å². The van der Waals surface area contributed by atoms with E-state index in [1.54, 1.807) is 0 Å². The second-order valence-corrected chi connectivity index (χ2v) is 2.90. The van der Waals surface area contributed by atoms with Crippen LogP contribution in [0, 0.1) is 0 Å². The average molecular weight is 195 g/mol. The monoisotopic (exact) mass is 195 g/mol. The minimum absolute atomic E-state index is 0.304. The van der Waals surface area contributed by atoms with Crippen LogP contribution >= 0.6 is 0 Å². The van der Waals surface area contributed by atoms with Gasteiger partial charge in [0, 0.05) is 6.61 Å². The Morgan fingerprint density at radius 1 is 1.29 bits per heavy atom. The van der Waals surface area contributed by atoms with Crippen molar-refractivity contribution in [1.82, 2.24) is 0 Å². The Balaban J connectivity index is 2.55. The van der Waals surface area contributed by atoms with E-state index < -0.39 is 0 Å². The zero-order valence-electron chi connectivity index (χ0n) is 8.53. The molecular formula is C11H17NO2. The van der Waals surface area contributed by atoms with Crippen LogP contribution in [0.4, 0.5) is 0 Å². The summed E-state index contributed by atoms with van der Waals surface area (Å²) < 4.78 is 10.6. The van der Waals surface area contributed by atoms with Gasteiger partial charge >= 0.3 is 0 Å². The van der Waals surface area contributed by atoms with Crippen molar-refractivity contribution < 1.29 is 9.47 Å². The number of ether oxygens (including phenoxy) is 2. The molecule has 1 rings (SSSR count). The van der Waals surface area contributed by atoms with E-state index in [2.05, 4.69) is 0 Å². The molecule has 3 nitrogen and oxygen atoms in total. The fourth-order valence-electron chi connectivity index (χ4n) is 1.20. The lowest BCUT2D eigenvalue weighted by Gasteiger charge is -2.10. The van der Waals surface area contributed by atoms with Gasteiger partial charge < -0.3 is 15.2 Å². The molecule has 0 unspecified atom stereocenters. The molecule has 0 aromatic heterocycles. The predicted octanol–water partition coefficient (Wildman–Crippen LogP) is 1.56. The van der Waals surface area contributed by atoms with Crippen LogP contribution in [-0.2, 0) is 11.2 Å². The largest absolute Gasteiger partial charge is 0.467 e. The normalized spacial score (nSPS) is 10.1. The highest BCUT2D eigenvalue weighted by atomic mass is 16.7. The molecule has 1 aromatic carbocycles. The highest BCUT2D eigenvalue weighted by molar-refractivity contribution is 5.33. The molecule has 14 heavy (non-hydrogen) atoms. The zero-order valence-corrected chi connectivity index (χ0v) is 8.53. The highest BCUT2D eigenvalue weighted by Gasteiger charge is 2.00. The summed E-state index contributed by atoms with van der Waals surface area (Å²) in [5, 5.41) is 0. The quantitative estimate of drug-likeness (QED) is 0.553. The maximum atomic E-state index is 5.50. The van der Waals surface area contributed by atoms with Crippen LogP contribution in [0.25, 0.3) is 0 Å². The Hall–Kier alpha value is -1.06. The van der Waals surface area contributed by atoms with E-state index in [0.717, 1.165) is 17.7 Å². The van der Waals surface area contributed by atoms with Gasteiger partial charge in [0.2, 0.25) is 0 Å². The van der Waals surface area contributed by atoms with Crippen LogP contribution in [0.5, 0.6) is 5.75 Å². The summed E-state index contributed by atoms with van der Waals surface area (Å²) in [5.74, 6) is 0.867. The lowest BCUT2D eigenvalue weighted by Crippen LogP contribution is -2.07. The molecule has 0 aliphatic carbocycles. The van der Waals surface area contributed by atoms with E-state index in [-0.39, 0.29) is 0 Å². The molecule has 0 fully saturated rings. The van der Waals surface area contributed by atoms with E-state index in [9.17, 15) is 0 Å². The summed E-state index contributed by atoms with van der Waals surface area (Å²) in [5.41, 5.74) is 6.63. The summed E-state index contributed by atoms with van der Waals surface area (Å²) in [6, 6.07) is 7.89. The number of nitrogens with two attached hydrogens (primary N) is 1. The second kappa shape index (κ2) is 6.40. The minimum atomic E-state index is 0.304. The third-order valence-corrected chi connectivity index (χ3v) is 1.89. The number of benzene rings is 1. The summed E-state index contributed by atoms with van der Waals surface area (Å²) in [7, 11) is 0. The molecule has 1 aromatic rings. The molecule has 0 aliphatic rings. The third-order valence-electron chi connectivity index (χ3n) is 1.89. The molecule has 78 valence electrons. The van der Waals surface area contributed by atoms with E-state index >= 15 is 0 Å². The molecule has 0 bridgehead atoms. The van der Waals surface area contributed by atoms with Crippen molar-refractivity contribution in [3.05, 3.63) is 29.8 Å². The molecule has 0 spiro atoms. The molecule has 0 amide bonds. The van der Waals surface area contributed by atoms with Gasteiger partial charge in [-0.15, -0.1) is 0 Å². The third kappa shape index (κ3) is 3.36.